The summed E-state index contributed by atoms with van der Waals surface area (Å²) in [4.78, 5) is 12.2. The van der Waals surface area contributed by atoms with Gasteiger partial charge in [0.15, 0.2) is 0 Å². The molecule has 0 radical (unpaired) electrons. The molecule has 2 N–H and O–H groups in total. The third kappa shape index (κ3) is 2.06. The van der Waals surface area contributed by atoms with Crippen molar-refractivity contribution in [1.29, 1.82) is 0 Å². The molecule has 0 saturated carbocycles. The molecule has 2 rings (SSSR count). The number of nitrogens with two attached hydrogens (primary N) is 1. The summed E-state index contributed by atoms with van der Waals surface area (Å²) in [6.07, 6.45) is 3.25. The summed E-state index contributed by atoms with van der Waals surface area (Å²) in [6.45, 7) is 3.99. The van der Waals surface area contributed by atoms with Crippen LogP contribution in [0.5, 0.6) is 0 Å². The Kier molecular flexibility index (Phi) is 2.91. The molecule has 84 valence electrons. The van der Waals surface area contributed by atoms with Gasteiger partial charge in [0.05, 0.1) is 6.04 Å². The van der Waals surface area contributed by atoms with Crippen molar-refractivity contribution in [3.05, 3.63) is 24.4 Å². The summed E-state index contributed by atoms with van der Waals surface area (Å²) in [5.41, 5.74) is 5.89. The predicted molar refractivity (Wildman–Crippen MR) is 57.1 cm³/mol. The van der Waals surface area contributed by atoms with E-state index in [1.807, 2.05) is 13.8 Å². The molecule has 0 fully saturated rings. The molecule has 1 atom stereocenters. The van der Waals surface area contributed by atoms with E-state index in [2.05, 4.69) is 20.1 Å². The van der Waals surface area contributed by atoms with Crippen LogP contribution in [-0.2, 0) is 0 Å². The smallest absolute Gasteiger partial charge is 0.244 e. The monoisotopic (exact) mass is 219 g/mol. The van der Waals surface area contributed by atoms with Crippen molar-refractivity contribution in [1.82, 2.24) is 20.1 Å². The number of nitrogens with zero attached hydrogens (tertiary/aromatic N) is 4. The van der Waals surface area contributed by atoms with Gasteiger partial charge in [-0.05, 0) is 12.0 Å². The van der Waals surface area contributed by atoms with Crippen LogP contribution in [-0.4, -0.2) is 20.1 Å². The maximum atomic E-state index is 5.89. The molecule has 6 heteroatoms. The first-order chi connectivity index (χ1) is 7.68. The Morgan fingerprint density at radius 1 is 1.19 bits per heavy atom. The second-order valence-corrected chi connectivity index (χ2v) is 3.80. The van der Waals surface area contributed by atoms with E-state index in [1.54, 1.807) is 18.5 Å². The van der Waals surface area contributed by atoms with Gasteiger partial charge < -0.3 is 10.3 Å². The van der Waals surface area contributed by atoms with E-state index in [-0.39, 0.29) is 12.0 Å². The highest BCUT2D eigenvalue weighted by atomic mass is 16.5. The third-order valence-electron chi connectivity index (χ3n) is 2.21. The minimum atomic E-state index is -0.259. The van der Waals surface area contributed by atoms with E-state index in [0.29, 0.717) is 17.5 Å². The fourth-order valence-corrected chi connectivity index (χ4v) is 1.16. The highest BCUT2D eigenvalue weighted by molar-refractivity contribution is 5.40. The molecule has 2 heterocycles. The fourth-order valence-electron chi connectivity index (χ4n) is 1.16. The Balaban J connectivity index is 2.27. The van der Waals surface area contributed by atoms with Gasteiger partial charge in [-0.25, -0.2) is 9.97 Å². The van der Waals surface area contributed by atoms with Crippen LogP contribution in [0.15, 0.2) is 23.0 Å². The molecule has 0 aliphatic rings. The first-order valence-electron chi connectivity index (χ1n) is 5.05. The Hall–Kier alpha value is -1.82. The van der Waals surface area contributed by atoms with Crippen molar-refractivity contribution < 1.29 is 4.52 Å². The summed E-state index contributed by atoms with van der Waals surface area (Å²) in [6, 6.07) is 1.47. The van der Waals surface area contributed by atoms with Crippen LogP contribution in [0, 0.1) is 5.92 Å². The van der Waals surface area contributed by atoms with Crippen molar-refractivity contribution in [2.75, 3.05) is 0 Å². The number of hydrogen-bond donors (Lipinski definition) is 1. The predicted octanol–water partition coefficient (Wildman–Crippen LogP) is 1.18. The van der Waals surface area contributed by atoms with Gasteiger partial charge in [0.2, 0.25) is 17.5 Å². The lowest BCUT2D eigenvalue weighted by Gasteiger charge is -2.08. The molecule has 0 aliphatic carbocycles. The molecule has 0 spiro atoms. The van der Waals surface area contributed by atoms with Gasteiger partial charge in [-0.1, -0.05) is 19.0 Å². The van der Waals surface area contributed by atoms with E-state index in [9.17, 15) is 0 Å². The zero-order valence-corrected chi connectivity index (χ0v) is 9.16. The molecule has 0 bridgehead atoms. The van der Waals surface area contributed by atoms with Crippen molar-refractivity contribution in [3.8, 4) is 11.6 Å². The summed E-state index contributed by atoms with van der Waals surface area (Å²) in [5, 5.41) is 3.80. The normalized spacial score (nSPS) is 13.0. The molecule has 1 unspecified atom stereocenters. The molecule has 0 amide bonds. The number of hydrogen-bond acceptors (Lipinski definition) is 6. The summed E-state index contributed by atoms with van der Waals surface area (Å²) in [5.74, 6) is 1.46. The van der Waals surface area contributed by atoms with Crippen molar-refractivity contribution in [3.63, 3.8) is 0 Å². The number of aromatic nitrogens is 4. The molecule has 0 aromatic carbocycles. The van der Waals surface area contributed by atoms with Crippen molar-refractivity contribution in [2.24, 2.45) is 11.7 Å². The van der Waals surface area contributed by atoms with E-state index in [1.165, 1.54) is 0 Å². The highest BCUT2D eigenvalue weighted by Gasteiger charge is 2.19. The fraction of sp³-hybridized carbons (Fsp3) is 0.400. The summed E-state index contributed by atoms with van der Waals surface area (Å²) in [7, 11) is 0. The second kappa shape index (κ2) is 4.36. The lowest BCUT2D eigenvalue weighted by Crippen LogP contribution is -2.16. The van der Waals surface area contributed by atoms with E-state index in [0.717, 1.165) is 0 Å². The van der Waals surface area contributed by atoms with E-state index >= 15 is 0 Å². The zero-order valence-electron chi connectivity index (χ0n) is 9.16. The average molecular weight is 219 g/mol. The van der Waals surface area contributed by atoms with Gasteiger partial charge in [0.25, 0.3) is 0 Å². The standard InChI is InChI=1S/C10H13N5O/c1-6(2)7(11)10-14-9(15-16-10)8-12-4-3-5-13-8/h3-7H,11H2,1-2H3. The maximum absolute atomic E-state index is 5.89. The summed E-state index contributed by atoms with van der Waals surface area (Å²) >= 11 is 0. The molecule has 16 heavy (non-hydrogen) atoms. The molecule has 2 aromatic heterocycles. The Morgan fingerprint density at radius 3 is 2.50 bits per heavy atom. The van der Waals surface area contributed by atoms with Crippen LogP contribution in [0.1, 0.15) is 25.8 Å². The van der Waals surface area contributed by atoms with Crippen LogP contribution in [0.4, 0.5) is 0 Å². The van der Waals surface area contributed by atoms with E-state index in [4.69, 9.17) is 10.3 Å². The molecule has 0 saturated heterocycles. The largest absolute Gasteiger partial charge is 0.337 e. The van der Waals surface area contributed by atoms with Crippen LogP contribution in [0.25, 0.3) is 11.6 Å². The quantitative estimate of drug-likeness (QED) is 0.833. The van der Waals surface area contributed by atoms with Crippen molar-refractivity contribution >= 4 is 0 Å². The van der Waals surface area contributed by atoms with Crippen LogP contribution in [0.2, 0.25) is 0 Å². The van der Waals surface area contributed by atoms with Crippen LogP contribution in [0.3, 0.4) is 0 Å². The van der Waals surface area contributed by atoms with Gasteiger partial charge in [-0.3, -0.25) is 0 Å². The van der Waals surface area contributed by atoms with Crippen LogP contribution < -0.4 is 5.73 Å². The zero-order chi connectivity index (χ0) is 11.5. The minimum Gasteiger partial charge on any atom is -0.337 e. The Labute approximate surface area is 92.9 Å². The van der Waals surface area contributed by atoms with Crippen LogP contribution >= 0.6 is 0 Å². The highest BCUT2D eigenvalue weighted by Crippen LogP contribution is 2.19. The van der Waals surface area contributed by atoms with Crippen molar-refractivity contribution in [2.45, 2.75) is 19.9 Å². The van der Waals surface area contributed by atoms with Gasteiger partial charge in [-0.2, -0.15) is 4.98 Å². The average Bonchev–Trinajstić information content (AvgIpc) is 2.78. The van der Waals surface area contributed by atoms with Gasteiger partial charge >= 0.3 is 0 Å². The maximum Gasteiger partial charge on any atom is 0.244 e. The minimum absolute atomic E-state index is 0.241. The van der Waals surface area contributed by atoms with Gasteiger partial charge in [0, 0.05) is 12.4 Å². The third-order valence-corrected chi connectivity index (χ3v) is 2.21. The molecule has 2 aromatic rings. The van der Waals surface area contributed by atoms with E-state index < -0.39 is 0 Å². The van der Waals surface area contributed by atoms with Gasteiger partial charge in [0.1, 0.15) is 0 Å². The summed E-state index contributed by atoms with van der Waals surface area (Å²) < 4.78 is 5.08. The lowest BCUT2D eigenvalue weighted by molar-refractivity contribution is 0.325. The molecular formula is C10H13N5O. The number of rotatable bonds is 3. The molecule has 0 aliphatic heterocycles. The first-order valence-corrected chi connectivity index (χ1v) is 5.05. The molecule has 6 nitrogen and oxygen atoms in total. The SMILES string of the molecule is CC(C)C(N)c1nc(-c2ncccn2)no1. The first kappa shape index (κ1) is 10.7. The molecular weight excluding hydrogens is 206 g/mol. The lowest BCUT2D eigenvalue weighted by atomic mass is 10.1. The topological polar surface area (TPSA) is 90.7 Å². The van der Waals surface area contributed by atoms with Gasteiger partial charge in [-0.15, -0.1) is 0 Å². The Morgan fingerprint density at radius 2 is 1.88 bits per heavy atom. The second-order valence-electron chi connectivity index (χ2n) is 3.80. The Bertz CT molecular complexity index is 453.